The van der Waals surface area contributed by atoms with Gasteiger partial charge in [0, 0.05) is 30.0 Å². The van der Waals surface area contributed by atoms with Gasteiger partial charge in [0.1, 0.15) is 46.9 Å². The molecule has 46 heavy (non-hydrogen) atoms. The smallest absolute Gasteiger partial charge is 0.319 e. The van der Waals surface area contributed by atoms with Crippen LogP contribution < -0.4 is 15.8 Å². The van der Waals surface area contributed by atoms with Gasteiger partial charge in [-0.15, -0.1) is 11.3 Å². The number of hydrogen-bond acceptors (Lipinski definition) is 11. The van der Waals surface area contributed by atoms with E-state index in [1.54, 1.807) is 6.07 Å². The first-order valence-corrected chi connectivity index (χ1v) is 16.2. The maximum Gasteiger partial charge on any atom is 0.319 e. The summed E-state index contributed by atoms with van der Waals surface area (Å²) < 4.78 is 47.3. The fourth-order valence-corrected chi connectivity index (χ4v) is 8.62. The molecule has 3 aliphatic rings. The SMILES string of the molecule is Cc1cc(CNc2nc(OC[C@@]34CCCN3C[C@H](F)C4)nc3c(Cl)c(-c4ccc(F)c5sc(N)c(C#N)c45)c4c(c23)COC4)no1. The number of thiophene rings is 1. The van der Waals surface area contributed by atoms with Gasteiger partial charge in [0.2, 0.25) is 0 Å². The molecule has 3 N–H and O–H groups in total. The molecule has 10 nitrogen and oxygen atoms in total. The number of benzene rings is 2. The highest BCUT2D eigenvalue weighted by Crippen LogP contribution is 2.49. The number of rotatable bonds is 7. The summed E-state index contributed by atoms with van der Waals surface area (Å²) in [7, 11) is 0. The number of ether oxygens (including phenoxy) is 2. The lowest BCUT2D eigenvalue weighted by Gasteiger charge is -2.30. The van der Waals surface area contributed by atoms with E-state index in [0.29, 0.717) is 64.2 Å². The molecule has 8 rings (SSSR count). The number of aryl methyl sites for hydroxylation is 1. The van der Waals surface area contributed by atoms with Gasteiger partial charge in [0.15, 0.2) is 0 Å². The van der Waals surface area contributed by atoms with Gasteiger partial charge in [-0.1, -0.05) is 22.8 Å². The Hall–Kier alpha value is -4.09. The predicted molar refractivity (Wildman–Crippen MR) is 170 cm³/mol. The number of nitrogen functional groups attached to an aromatic ring is 1. The minimum absolute atomic E-state index is 0.0864. The third kappa shape index (κ3) is 4.58. The summed E-state index contributed by atoms with van der Waals surface area (Å²) in [4.78, 5) is 11.8. The van der Waals surface area contributed by atoms with Crippen LogP contribution in [-0.2, 0) is 24.5 Å². The predicted octanol–water partition coefficient (Wildman–Crippen LogP) is 6.65. The lowest BCUT2D eigenvalue weighted by atomic mass is 9.91. The van der Waals surface area contributed by atoms with E-state index < -0.39 is 17.5 Å². The Bertz CT molecular complexity index is 2100. The van der Waals surface area contributed by atoms with Crippen LogP contribution in [0, 0.1) is 24.1 Å². The molecular formula is C32H28ClF2N7O3S. The van der Waals surface area contributed by atoms with Gasteiger partial charge in [0.05, 0.1) is 51.5 Å². The third-order valence-electron chi connectivity index (χ3n) is 9.32. The van der Waals surface area contributed by atoms with Crippen LogP contribution in [0.3, 0.4) is 0 Å². The molecule has 5 aromatic rings. The lowest BCUT2D eigenvalue weighted by Crippen LogP contribution is -2.43. The highest BCUT2D eigenvalue weighted by molar-refractivity contribution is 7.23. The third-order valence-corrected chi connectivity index (χ3v) is 10.7. The molecule has 6 heterocycles. The number of nitrogens with two attached hydrogens (primary N) is 1. The molecule has 3 aromatic heterocycles. The number of nitrogens with zero attached hydrogens (tertiary/aromatic N) is 5. The number of nitriles is 1. The Morgan fingerprint density at radius 2 is 2.13 bits per heavy atom. The number of fused-ring (bicyclic) bond motifs is 5. The Balaban J connectivity index is 1.31. The van der Waals surface area contributed by atoms with E-state index in [-0.39, 0.29) is 46.1 Å². The number of halogens is 3. The average Bonchev–Trinajstić information content (AvgIpc) is 3.85. The molecule has 0 saturated carbocycles. The molecular weight excluding hydrogens is 636 g/mol. The molecule has 0 amide bonds. The summed E-state index contributed by atoms with van der Waals surface area (Å²) in [5.74, 6) is 0.667. The second-order valence-electron chi connectivity index (χ2n) is 12.1. The zero-order chi connectivity index (χ0) is 31.7. The van der Waals surface area contributed by atoms with Crippen LogP contribution in [0.5, 0.6) is 6.01 Å². The molecule has 236 valence electrons. The van der Waals surface area contributed by atoms with Crippen molar-refractivity contribution in [2.75, 3.05) is 30.7 Å². The second-order valence-corrected chi connectivity index (χ2v) is 13.5. The molecule has 2 saturated heterocycles. The molecule has 2 aromatic carbocycles. The Morgan fingerprint density at radius 3 is 2.93 bits per heavy atom. The minimum atomic E-state index is -0.902. The van der Waals surface area contributed by atoms with Crippen molar-refractivity contribution in [3.63, 3.8) is 0 Å². The van der Waals surface area contributed by atoms with Crippen LogP contribution in [0.25, 0.3) is 32.1 Å². The molecule has 2 atom stereocenters. The van der Waals surface area contributed by atoms with Gasteiger partial charge < -0.3 is 25.0 Å². The van der Waals surface area contributed by atoms with E-state index in [2.05, 4.69) is 21.4 Å². The van der Waals surface area contributed by atoms with Gasteiger partial charge in [-0.2, -0.15) is 15.2 Å². The average molecular weight is 664 g/mol. The summed E-state index contributed by atoms with van der Waals surface area (Å²) in [6.45, 7) is 4.08. The normalized spacial score (nSPS) is 20.8. The van der Waals surface area contributed by atoms with Crippen LogP contribution in [0.15, 0.2) is 22.7 Å². The topological polar surface area (TPSA) is 135 Å². The van der Waals surface area contributed by atoms with E-state index >= 15 is 4.39 Å². The van der Waals surface area contributed by atoms with Crippen molar-refractivity contribution in [1.82, 2.24) is 20.0 Å². The van der Waals surface area contributed by atoms with Gasteiger partial charge in [-0.25, -0.2) is 8.78 Å². The van der Waals surface area contributed by atoms with Crippen LogP contribution >= 0.6 is 22.9 Å². The minimum Gasteiger partial charge on any atom is -0.461 e. The van der Waals surface area contributed by atoms with Crippen molar-refractivity contribution >= 4 is 54.7 Å². The second kappa shape index (κ2) is 11.0. The molecule has 2 fully saturated rings. The summed E-state index contributed by atoms with van der Waals surface area (Å²) >= 11 is 8.31. The van der Waals surface area contributed by atoms with Gasteiger partial charge in [-0.05, 0) is 49.1 Å². The zero-order valence-corrected chi connectivity index (χ0v) is 26.3. The molecule has 0 radical (unpaired) electrons. The number of hydrogen-bond donors (Lipinski definition) is 2. The zero-order valence-electron chi connectivity index (χ0n) is 24.8. The van der Waals surface area contributed by atoms with Crippen molar-refractivity contribution in [3.05, 3.63) is 57.2 Å². The van der Waals surface area contributed by atoms with Gasteiger partial charge >= 0.3 is 6.01 Å². The van der Waals surface area contributed by atoms with Crippen molar-refractivity contribution in [2.24, 2.45) is 0 Å². The standard InChI is InChI=1S/C32H28ClF2N7O3S/c1-15-7-17(41-45-15)10-38-30-25-21-13-43-12-20(21)23(18-3-4-22(35)28-24(18)19(9-36)29(37)46-28)26(33)27(25)39-31(40-30)44-14-32-5-2-6-42(32)11-16(34)8-32/h3-4,7,16H,2,5-6,8,10-14,37H2,1H3,(H,38,39,40)/t16-,32+/m1/s1. The van der Waals surface area contributed by atoms with E-state index in [4.69, 9.17) is 41.3 Å². The summed E-state index contributed by atoms with van der Waals surface area (Å²) in [5.41, 5.74) is 9.77. The maximum absolute atomic E-state index is 15.0. The van der Waals surface area contributed by atoms with E-state index in [1.807, 2.05) is 13.0 Å². The number of anilines is 2. The molecule has 3 aliphatic heterocycles. The van der Waals surface area contributed by atoms with Crippen molar-refractivity contribution in [1.29, 1.82) is 5.26 Å². The highest BCUT2D eigenvalue weighted by atomic mass is 35.5. The van der Waals surface area contributed by atoms with Crippen LogP contribution in [0.2, 0.25) is 5.02 Å². The Labute approximate surface area is 271 Å². The van der Waals surface area contributed by atoms with Crippen molar-refractivity contribution in [2.45, 2.75) is 57.7 Å². The Kier molecular flexibility index (Phi) is 7.02. The fraction of sp³-hybridized carbons (Fsp3) is 0.375. The number of aromatic nitrogens is 3. The monoisotopic (exact) mass is 663 g/mol. The lowest BCUT2D eigenvalue weighted by molar-refractivity contribution is 0.107. The number of nitrogens with one attached hydrogen (secondary N) is 1. The highest BCUT2D eigenvalue weighted by Gasteiger charge is 2.49. The first-order valence-electron chi connectivity index (χ1n) is 15.0. The molecule has 14 heteroatoms. The molecule has 0 spiro atoms. The maximum atomic E-state index is 15.0. The summed E-state index contributed by atoms with van der Waals surface area (Å²) in [5, 5.41) is 19.0. The molecule has 0 bridgehead atoms. The van der Waals surface area contributed by atoms with Crippen molar-refractivity contribution < 1.29 is 22.8 Å². The summed E-state index contributed by atoms with van der Waals surface area (Å²) in [6, 6.07) is 7.02. The van der Waals surface area contributed by atoms with E-state index in [0.717, 1.165) is 41.9 Å². The van der Waals surface area contributed by atoms with Crippen LogP contribution in [0.4, 0.5) is 19.6 Å². The van der Waals surface area contributed by atoms with E-state index in [9.17, 15) is 9.65 Å². The number of alkyl halides is 1. The van der Waals surface area contributed by atoms with E-state index in [1.165, 1.54) is 6.07 Å². The quantitative estimate of drug-likeness (QED) is 0.195. The fourth-order valence-electron chi connectivity index (χ4n) is 7.32. The Morgan fingerprint density at radius 1 is 1.28 bits per heavy atom. The first-order chi connectivity index (χ1) is 22.3. The van der Waals surface area contributed by atoms with Crippen LogP contribution in [-0.4, -0.2) is 51.4 Å². The largest absolute Gasteiger partial charge is 0.461 e. The van der Waals surface area contributed by atoms with Crippen molar-refractivity contribution in [3.8, 4) is 23.2 Å². The van der Waals surface area contributed by atoms with Gasteiger partial charge in [-0.3, -0.25) is 4.90 Å². The molecule has 0 unspecified atom stereocenters. The first kappa shape index (κ1) is 29.3. The molecule has 0 aliphatic carbocycles. The van der Waals surface area contributed by atoms with Crippen LogP contribution in [0.1, 0.15) is 47.4 Å². The summed E-state index contributed by atoms with van der Waals surface area (Å²) in [6.07, 6.45) is 1.31. The van der Waals surface area contributed by atoms with Gasteiger partial charge in [0.25, 0.3) is 0 Å².